The molecule has 0 amide bonds. The number of hydrogen-bond acceptors (Lipinski definition) is 3. The lowest BCUT2D eigenvalue weighted by molar-refractivity contribution is 0.167. The first-order valence-electron chi connectivity index (χ1n) is 8.80. The summed E-state index contributed by atoms with van der Waals surface area (Å²) in [5.74, 6) is 1.46. The smallest absolute Gasteiger partial charge is 0.127 e. The molecule has 24 heavy (non-hydrogen) atoms. The lowest BCUT2D eigenvalue weighted by Gasteiger charge is -2.17. The second kappa shape index (κ2) is 7.71. The number of nitrogens with one attached hydrogen (secondary N) is 1. The number of ether oxygens (including phenoxy) is 2. The van der Waals surface area contributed by atoms with Gasteiger partial charge in [0.05, 0.1) is 13.2 Å². The van der Waals surface area contributed by atoms with E-state index in [2.05, 4.69) is 62.5 Å². The minimum Gasteiger partial charge on any atom is -0.493 e. The summed E-state index contributed by atoms with van der Waals surface area (Å²) in [6.07, 6.45) is 1.09. The van der Waals surface area contributed by atoms with Gasteiger partial charge in [-0.25, -0.2) is 0 Å². The van der Waals surface area contributed by atoms with Crippen molar-refractivity contribution in [1.29, 1.82) is 0 Å². The molecule has 0 aliphatic carbocycles. The van der Waals surface area contributed by atoms with Crippen LogP contribution in [0.5, 0.6) is 5.75 Å². The molecule has 3 heteroatoms. The monoisotopic (exact) mass is 325 g/mol. The van der Waals surface area contributed by atoms with Crippen molar-refractivity contribution in [2.45, 2.75) is 33.2 Å². The maximum atomic E-state index is 6.15. The third-order valence-corrected chi connectivity index (χ3v) is 4.37. The fourth-order valence-corrected chi connectivity index (χ4v) is 3.07. The fourth-order valence-electron chi connectivity index (χ4n) is 3.07. The zero-order chi connectivity index (χ0) is 16.9. The number of anilines is 1. The van der Waals surface area contributed by atoms with E-state index in [1.54, 1.807) is 0 Å². The summed E-state index contributed by atoms with van der Waals surface area (Å²) in [7, 11) is 0. The molecule has 1 atom stereocenters. The van der Waals surface area contributed by atoms with Crippen LogP contribution in [0.1, 0.15) is 25.8 Å². The van der Waals surface area contributed by atoms with Crippen LogP contribution in [0.15, 0.2) is 42.5 Å². The summed E-state index contributed by atoms with van der Waals surface area (Å²) in [5, 5.41) is 3.48. The molecule has 0 spiro atoms. The van der Waals surface area contributed by atoms with Gasteiger partial charge in [-0.3, -0.25) is 0 Å². The highest BCUT2D eigenvalue weighted by molar-refractivity contribution is 5.76. The third kappa shape index (κ3) is 4.09. The van der Waals surface area contributed by atoms with Crippen LogP contribution in [0.4, 0.5) is 5.69 Å². The Bertz CT molecular complexity index is 675. The fraction of sp³-hybridized carbons (Fsp3) is 0.429. The van der Waals surface area contributed by atoms with Gasteiger partial charge in [0, 0.05) is 29.8 Å². The van der Waals surface area contributed by atoms with Crippen LogP contribution in [0.3, 0.4) is 0 Å². The molecule has 1 aliphatic rings. The average Bonchev–Trinajstić information content (AvgIpc) is 3.08. The van der Waals surface area contributed by atoms with Crippen molar-refractivity contribution >= 4 is 5.69 Å². The second-order valence-electron chi connectivity index (χ2n) is 6.87. The molecule has 2 aromatic rings. The van der Waals surface area contributed by atoms with E-state index in [-0.39, 0.29) is 0 Å². The van der Waals surface area contributed by atoms with Crippen LogP contribution >= 0.6 is 0 Å². The van der Waals surface area contributed by atoms with E-state index in [1.807, 2.05) is 6.07 Å². The molecule has 2 aromatic carbocycles. The Morgan fingerprint density at radius 1 is 1.17 bits per heavy atom. The summed E-state index contributed by atoms with van der Waals surface area (Å²) in [4.78, 5) is 0. The Kier molecular flexibility index (Phi) is 5.41. The summed E-state index contributed by atoms with van der Waals surface area (Å²) < 4.78 is 11.6. The highest BCUT2D eigenvalue weighted by Crippen LogP contribution is 2.34. The predicted octanol–water partition coefficient (Wildman–Crippen LogP) is 4.90. The van der Waals surface area contributed by atoms with Crippen LogP contribution in [0, 0.1) is 12.8 Å². The summed E-state index contributed by atoms with van der Waals surface area (Å²) in [5.41, 5.74) is 4.77. The minimum absolute atomic E-state index is 0.411. The Labute approximate surface area is 145 Å². The van der Waals surface area contributed by atoms with Gasteiger partial charge in [-0.05, 0) is 56.5 Å². The Balaban J connectivity index is 1.85. The molecule has 1 heterocycles. The zero-order valence-electron chi connectivity index (χ0n) is 14.8. The SMILES string of the molecule is Cc1ccc(NC(C)C)cc1-c1ccccc1OCC1CCOC1. The van der Waals surface area contributed by atoms with E-state index < -0.39 is 0 Å². The lowest BCUT2D eigenvalue weighted by Crippen LogP contribution is -2.12. The summed E-state index contributed by atoms with van der Waals surface area (Å²) in [6.45, 7) is 8.85. The summed E-state index contributed by atoms with van der Waals surface area (Å²) >= 11 is 0. The Morgan fingerprint density at radius 2 is 2.00 bits per heavy atom. The number of para-hydroxylation sites is 1. The standard InChI is InChI=1S/C21H27NO2/c1-15(2)22-18-9-8-16(3)20(12-18)19-6-4-5-7-21(19)24-14-17-10-11-23-13-17/h4-9,12,15,17,22H,10-11,13-14H2,1-3H3. The van der Waals surface area contributed by atoms with Crippen molar-refractivity contribution < 1.29 is 9.47 Å². The van der Waals surface area contributed by atoms with Gasteiger partial charge in [-0.1, -0.05) is 24.3 Å². The quantitative estimate of drug-likeness (QED) is 0.819. The van der Waals surface area contributed by atoms with E-state index >= 15 is 0 Å². The van der Waals surface area contributed by atoms with Crippen molar-refractivity contribution in [3.05, 3.63) is 48.0 Å². The molecule has 0 aromatic heterocycles. The number of rotatable bonds is 6. The average molecular weight is 325 g/mol. The molecule has 1 aliphatic heterocycles. The normalized spacial score (nSPS) is 17.2. The van der Waals surface area contributed by atoms with Gasteiger partial charge in [-0.2, -0.15) is 0 Å². The first-order chi connectivity index (χ1) is 11.6. The molecular formula is C21H27NO2. The number of aryl methyl sites for hydroxylation is 1. The summed E-state index contributed by atoms with van der Waals surface area (Å²) in [6, 6.07) is 15.2. The van der Waals surface area contributed by atoms with Gasteiger partial charge in [0.2, 0.25) is 0 Å². The van der Waals surface area contributed by atoms with Crippen molar-refractivity contribution in [1.82, 2.24) is 0 Å². The molecule has 1 fully saturated rings. The molecule has 0 radical (unpaired) electrons. The van der Waals surface area contributed by atoms with Crippen LogP contribution in [-0.2, 0) is 4.74 Å². The molecule has 128 valence electrons. The van der Waals surface area contributed by atoms with Crippen LogP contribution < -0.4 is 10.1 Å². The van der Waals surface area contributed by atoms with Crippen LogP contribution in [-0.4, -0.2) is 25.9 Å². The van der Waals surface area contributed by atoms with Gasteiger partial charge in [0.1, 0.15) is 5.75 Å². The maximum Gasteiger partial charge on any atom is 0.127 e. The van der Waals surface area contributed by atoms with E-state index in [1.165, 1.54) is 11.1 Å². The predicted molar refractivity (Wildman–Crippen MR) is 99.8 cm³/mol. The lowest BCUT2D eigenvalue weighted by atomic mass is 9.98. The van der Waals surface area contributed by atoms with Gasteiger partial charge in [-0.15, -0.1) is 0 Å². The van der Waals surface area contributed by atoms with Gasteiger partial charge in [0.25, 0.3) is 0 Å². The zero-order valence-corrected chi connectivity index (χ0v) is 14.8. The first kappa shape index (κ1) is 16.8. The van der Waals surface area contributed by atoms with Gasteiger partial charge < -0.3 is 14.8 Å². The van der Waals surface area contributed by atoms with E-state index in [0.29, 0.717) is 12.0 Å². The van der Waals surface area contributed by atoms with Gasteiger partial charge in [0.15, 0.2) is 0 Å². The number of benzene rings is 2. The Hall–Kier alpha value is -2.00. The second-order valence-corrected chi connectivity index (χ2v) is 6.87. The topological polar surface area (TPSA) is 30.5 Å². The molecule has 1 N–H and O–H groups in total. The van der Waals surface area contributed by atoms with Gasteiger partial charge >= 0.3 is 0 Å². The number of hydrogen-bond donors (Lipinski definition) is 1. The van der Waals surface area contributed by atoms with Crippen molar-refractivity contribution in [3.63, 3.8) is 0 Å². The van der Waals surface area contributed by atoms with Crippen LogP contribution in [0.2, 0.25) is 0 Å². The molecule has 1 saturated heterocycles. The van der Waals surface area contributed by atoms with Crippen molar-refractivity contribution in [3.8, 4) is 16.9 Å². The third-order valence-electron chi connectivity index (χ3n) is 4.37. The minimum atomic E-state index is 0.411. The maximum absolute atomic E-state index is 6.15. The highest BCUT2D eigenvalue weighted by Gasteiger charge is 2.17. The largest absolute Gasteiger partial charge is 0.493 e. The van der Waals surface area contributed by atoms with E-state index in [0.717, 1.165) is 43.2 Å². The van der Waals surface area contributed by atoms with Crippen LogP contribution in [0.25, 0.3) is 11.1 Å². The highest BCUT2D eigenvalue weighted by atomic mass is 16.5. The van der Waals surface area contributed by atoms with Crippen molar-refractivity contribution in [2.75, 3.05) is 25.1 Å². The molecule has 1 unspecified atom stereocenters. The Morgan fingerprint density at radius 3 is 2.75 bits per heavy atom. The molecule has 0 bridgehead atoms. The van der Waals surface area contributed by atoms with Crippen molar-refractivity contribution in [2.24, 2.45) is 5.92 Å². The molecule has 3 nitrogen and oxygen atoms in total. The molecule has 0 saturated carbocycles. The van der Waals surface area contributed by atoms with E-state index in [9.17, 15) is 0 Å². The first-order valence-corrected chi connectivity index (χ1v) is 8.80. The molecular weight excluding hydrogens is 298 g/mol. The molecule has 3 rings (SSSR count). The van der Waals surface area contributed by atoms with E-state index in [4.69, 9.17) is 9.47 Å².